The molecule has 3 rings (SSSR count). The molecule has 2 aromatic carbocycles. The van der Waals surface area contributed by atoms with Crippen LogP contribution in [-0.4, -0.2) is 39.0 Å². The van der Waals surface area contributed by atoms with E-state index in [0.29, 0.717) is 0 Å². The first kappa shape index (κ1) is 19.8. The van der Waals surface area contributed by atoms with Crippen LogP contribution in [0.4, 0.5) is 0 Å². The van der Waals surface area contributed by atoms with Crippen molar-refractivity contribution in [3.05, 3.63) is 60.7 Å². The topological polar surface area (TPSA) is 38.8 Å². The molecule has 0 saturated heterocycles. The zero-order chi connectivity index (χ0) is 19.7. The third-order valence-corrected chi connectivity index (χ3v) is 10.5. The molecule has 1 amide bonds. The summed E-state index contributed by atoms with van der Waals surface area (Å²) in [5, 5.41) is 3.51. The van der Waals surface area contributed by atoms with E-state index in [-0.39, 0.29) is 10.9 Å². The monoisotopic (exact) mass is 383 g/mol. The molecule has 0 heterocycles. The minimum Gasteiger partial charge on any atom is -0.393 e. The molecule has 27 heavy (non-hydrogen) atoms. The Morgan fingerprint density at radius 2 is 1.41 bits per heavy atom. The van der Waals surface area contributed by atoms with Gasteiger partial charge in [0.1, 0.15) is 5.60 Å². The molecule has 0 spiro atoms. The summed E-state index contributed by atoms with van der Waals surface area (Å²) >= 11 is 0. The zero-order valence-electron chi connectivity index (χ0n) is 16.9. The number of carbonyl (C=O) groups is 1. The minimum atomic E-state index is -2.75. The summed E-state index contributed by atoms with van der Waals surface area (Å²) in [6.45, 7) is 6.67. The third-order valence-electron chi connectivity index (χ3n) is 5.42. The van der Waals surface area contributed by atoms with Gasteiger partial charge in [0.25, 0.3) is 14.2 Å². The van der Waals surface area contributed by atoms with Gasteiger partial charge in [0.2, 0.25) is 0 Å². The number of carbonyl (C=O) groups excluding carboxylic acids is 1. The molecule has 1 saturated carbocycles. The lowest BCUT2D eigenvalue weighted by Gasteiger charge is -2.45. The maximum Gasteiger partial charge on any atom is 0.276 e. The van der Waals surface area contributed by atoms with Crippen molar-refractivity contribution in [3.63, 3.8) is 0 Å². The van der Waals surface area contributed by atoms with Gasteiger partial charge in [-0.2, -0.15) is 0 Å². The van der Waals surface area contributed by atoms with E-state index in [2.05, 4.69) is 69.3 Å². The molecule has 4 nitrogen and oxygen atoms in total. The molecule has 0 atom stereocenters. The van der Waals surface area contributed by atoms with Gasteiger partial charge in [-0.1, -0.05) is 81.4 Å². The first-order valence-electron chi connectivity index (χ1n) is 9.40. The quantitative estimate of drug-likeness (QED) is 0.568. The number of amides is 1. The van der Waals surface area contributed by atoms with E-state index in [4.69, 9.17) is 9.26 Å². The number of likely N-dealkylation sites (N-methyl/N-ethyl adjacent to an activating group) is 1. The highest BCUT2D eigenvalue weighted by molar-refractivity contribution is 6.99. The summed E-state index contributed by atoms with van der Waals surface area (Å²) in [4.78, 5) is 18.2. The van der Waals surface area contributed by atoms with Gasteiger partial charge in [-0.25, -0.2) is 5.06 Å². The molecule has 0 bridgehead atoms. The summed E-state index contributed by atoms with van der Waals surface area (Å²) in [5.41, 5.74) is -0.796. The number of hydrogen-bond donors (Lipinski definition) is 0. The van der Waals surface area contributed by atoms with Crippen LogP contribution in [0.5, 0.6) is 0 Å². The third kappa shape index (κ3) is 3.47. The SMILES string of the molecule is CON(C)C(=O)C1(O[Si](c2ccccc2)(c2ccccc2)C(C)(C)C)CC1. The maximum absolute atomic E-state index is 13.0. The molecule has 0 aromatic heterocycles. The van der Waals surface area contributed by atoms with Crippen LogP contribution in [0.2, 0.25) is 5.04 Å². The number of rotatable bonds is 6. The second kappa shape index (κ2) is 7.22. The van der Waals surface area contributed by atoms with Gasteiger partial charge in [-0.05, 0) is 28.3 Å². The lowest BCUT2D eigenvalue weighted by atomic mass is 10.2. The lowest BCUT2D eigenvalue weighted by Crippen LogP contribution is -2.69. The molecule has 0 radical (unpaired) electrons. The fourth-order valence-electron chi connectivity index (χ4n) is 3.79. The smallest absolute Gasteiger partial charge is 0.276 e. The predicted molar refractivity (Wildman–Crippen MR) is 110 cm³/mol. The zero-order valence-corrected chi connectivity index (χ0v) is 17.9. The van der Waals surface area contributed by atoms with Crippen LogP contribution in [0.25, 0.3) is 0 Å². The molecular weight excluding hydrogens is 354 g/mol. The van der Waals surface area contributed by atoms with Crippen molar-refractivity contribution in [2.24, 2.45) is 0 Å². The maximum atomic E-state index is 13.0. The van der Waals surface area contributed by atoms with Gasteiger partial charge >= 0.3 is 0 Å². The standard InChI is InChI=1S/C22H29NO3Si/c1-21(2,3)27(18-12-8-6-9-13-18,19-14-10-7-11-15-19)26-22(16-17-22)20(24)23(4)25-5/h6-15H,16-17H2,1-5H3. The molecule has 5 heteroatoms. The first-order valence-corrected chi connectivity index (χ1v) is 11.3. The van der Waals surface area contributed by atoms with Gasteiger partial charge < -0.3 is 4.43 Å². The van der Waals surface area contributed by atoms with Crippen LogP contribution < -0.4 is 10.4 Å². The average Bonchev–Trinajstić information content (AvgIpc) is 3.46. The van der Waals surface area contributed by atoms with E-state index in [0.717, 1.165) is 12.8 Å². The van der Waals surface area contributed by atoms with E-state index >= 15 is 0 Å². The van der Waals surface area contributed by atoms with E-state index in [1.807, 2.05) is 12.1 Å². The number of benzene rings is 2. The van der Waals surface area contributed by atoms with Crippen molar-refractivity contribution in [3.8, 4) is 0 Å². The summed E-state index contributed by atoms with van der Waals surface area (Å²) in [5.74, 6) is -0.0991. The van der Waals surface area contributed by atoms with Gasteiger partial charge in [0.15, 0.2) is 0 Å². The van der Waals surface area contributed by atoms with Crippen LogP contribution in [0, 0.1) is 0 Å². The van der Waals surface area contributed by atoms with Gasteiger partial charge in [0.05, 0.1) is 7.11 Å². The molecule has 0 N–H and O–H groups in total. The van der Waals surface area contributed by atoms with Crippen molar-refractivity contribution in [1.29, 1.82) is 0 Å². The van der Waals surface area contributed by atoms with Crippen molar-refractivity contribution >= 4 is 24.6 Å². The number of nitrogens with zero attached hydrogens (tertiary/aromatic N) is 1. The van der Waals surface area contributed by atoms with Crippen molar-refractivity contribution in [1.82, 2.24) is 5.06 Å². The highest BCUT2D eigenvalue weighted by Crippen LogP contribution is 2.48. The molecule has 1 fully saturated rings. The normalized spacial score (nSPS) is 16.0. The molecule has 1 aliphatic carbocycles. The Hall–Kier alpha value is -1.95. The molecule has 1 aliphatic rings. The van der Waals surface area contributed by atoms with Gasteiger partial charge in [-0.3, -0.25) is 9.63 Å². The van der Waals surface area contributed by atoms with E-state index in [1.165, 1.54) is 22.5 Å². The Morgan fingerprint density at radius 3 is 1.74 bits per heavy atom. The molecule has 144 valence electrons. The van der Waals surface area contributed by atoms with Crippen molar-refractivity contribution in [2.75, 3.05) is 14.2 Å². The molecule has 2 aromatic rings. The number of hydroxylamine groups is 2. The molecular formula is C22H29NO3Si. The number of hydrogen-bond acceptors (Lipinski definition) is 3. The Bertz CT molecular complexity index is 743. The second-order valence-electron chi connectivity index (χ2n) is 8.24. The van der Waals surface area contributed by atoms with Gasteiger partial charge in [0, 0.05) is 7.05 Å². The highest BCUT2D eigenvalue weighted by atomic mass is 28.4. The van der Waals surface area contributed by atoms with E-state index in [1.54, 1.807) is 7.05 Å². The Labute approximate surface area is 163 Å². The van der Waals surface area contributed by atoms with E-state index < -0.39 is 13.9 Å². The second-order valence-corrected chi connectivity index (χ2v) is 12.5. The fraction of sp³-hybridized carbons (Fsp3) is 0.409. The van der Waals surface area contributed by atoms with Crippen LogP contribution >= 0.6 is 0 Å². The van der Waals surface area contributed by atoms with Crippen LogP contribution in [0.15, 0.2) is 60.7 Å². The Morgan fingerprint density at radius 1 is 0.963 bits per heavy atom. The van der Waals surface area contributed by atoms with Crippen LogP contribution in [0.1, 0.15) is 33.6 Å². The largest absolute Gasteiger partial charge is 0.393 e. The fourth-order valence-corrected chi connectivity index (χ4v) is 8.59. The predicted octanol–water partition coefficient (Wildman–Crippen LogP) is 3.12. The molecule has 0 unspecified atom stereocenters. The Kier molecular flexibility index (Phi) is 5.30. The summed E-state index contributed by atoms with van der Waals surface area (Å²) in [6, 6.07) is 20.8. The highest BCUT2D eigenvalue weighted by Gasteiger charge is 2.62. The minimum absolute atomic E-state index is 0.0991. The van der Waals surface area contributed by atoms with Crippen molar-refractivity contribution < 1.29 is 14.1 Å². The Balaban J connectivity index is 2.18. The van der Waals surface area contributed by atoms with Crippen molar-refractivity contribution in [2.45, 2.75) is 44.3 Å². The van der Waals surface area contributed by atoms with Gasteiger partial charge in [-0.15, -0.1) is 0 Å². The summed E-state index contributed by atoms with van der Waals surface area (Å²) < 4.78 is 7.03. The lowest BCUT2D eigenvalue weighted by molar-refractivity contribution is -0.179. The average molecular weight is 384 g/mol. The van der Waals surface area contributed by atoms with Crippen LogP contribution in [0.3, 0.4) is 0 Å². The first-order chi connectivity index (χ1) is 12.8. The van der Waals surface area contributed by atoms with Crippen LogP contribution in [-0.2, 0) is 14.1 Å². The summed E-state index contributed by atoms with van der Waals surface area (Å²) in [6.07, 6.45) is 1.45. The molecule has 0 aliphatic heterocycles. The summed E-state index contributed by atoms with van der Waals surface area (Å²) in [7, 11) is 0.414. The van der Waals surface area contributed by atoms with E-state index in [9.17, 15) is 4.79 Å².